The number of unbranched alkanes of at least 4 members (excludes halogenated alkanes) is 7. The zero-order valence-electron chi connectivity index (χ0n) is 11.5. The van der Waals surface area contributed by atoms with Gasteiger partial charge in [-0.3, -0.25) is 0 Å². The molecule has 17 heavy (non-hydrogen) atoms. The number of hydrogen-bond acceptors (Lipinski definition) is 2. The first-order valence-electron chi connectivity index (χ1n) is 7.33. The van der Waals surface area contributed by atoms with E-state index in [1.165, 1.54) is 51.4 Å². The van der Waals surface area contributed by atoms with Gasteiger partial charge in [0.15, 0.2) is 0 Å². The Bertz CT molecular complexity index is 203. The molecule has 0 aromatic carbocycles. The fourth-order valence-electron chi connectivity index (χ4n) is 2.32. The molecule has 1 rings (SSSR count). The topological polar surface area (TPSA) is 18.5 Å². The molecule has 1 aliphatic rings. The van der Waals surface area contributed by atoms with Gasteiger partial charge in [0.2, 0.25) is 5.79 Å². The third-order valence-electron chi connectivity index (χ3n) is 3.57. The van der Waals surface area contributed by atoms with Gasteiger partial charge in [-0.2, -0.15) is 0 Å². The second kappa shape index (κ2) is 8.43. The predicted octanol–water partition coefficient (Wildman–Crippen LogP) is 5.14. The first-order valence-corrected chi connectivity index (χ1v) is 7.33. The van der Waals surface area contributed by atoms with Crippen LogP contribution in [-0.2, 0) is 9.47 Å². The van der Waals surface area contributed by atoms with Crippen molar-refractivity contribution in [1.82, 2.24) is 0 Å². The van der Waals surface area contributed by atoms with Gasteiger partial charge in [0.25, 0.3) is 0 Å². The smallest absolute Gasteiger partial charge is 0.249 e. The van der Waals surface area contributed by atoms with Crippen molar-refractivity contribution in [2.45, 2.75) is 83.8 Å². The van der Waals surface area contributed by atoms with Crippen molar-refractivity contribution < 1.29 is 9.47 Å². The van der Waals surface area contributed by atoms with Crippen molar-refractivity contribution in [2.24, 2.45) is 0 Å². The van der Waals surface area contributed by atoms with E-state index in [1.807, 2.05) is 0 Å². The molecule has 0 bridgehead atoms. The SMILES string of the molecule is CCCCCCCCCCC1(CC)OC=CO1. The molecule has 1 heterocycles. The summed E-state index contributed by atoms with van der Waals surface area (Å²) in [4.78, 5) is 0. The van der Waals surface area contributed by atoms with Crippen LogP contribution in [0.15, 0.2) is 12.5 Å². The molecule has 0 saturated carbocycles. The van der Waals surface area contributed by atoms with Gasteiger partial charge in [0.1, 0.15) is 12.5 Å². The van der Waals surface area contributed by atoms with Gasteiger partial charge >= 0.3 is 0 Å². The molecule has 0 aromatic rings. The Morgan fingerprint density at radius 1 is 0.765 bits per heavy atom. The van der Waals surface area contributed by atoms with Crippen molar-refractivity contribution in [3.8, 4) is 0 Å². The molecule has 100 valence electrons. The molecule has 0 aromatic heterocycles. The normalized spacial score (nSPS) is 16.8. The summed E-state index contributed by atoms with van der Waals surface area (Å²) >= 11 is 0. The lowest BCUT2D eigenvalue weighted by atomic mass is 10.0. The average molecular weight is 240 g/mol. The maximum Gasteiger partial charge on any atom is 0.249 e. The van der Waals surface area contributed by atoms with E-state index in [0.29, 0.717) is 0 Å². The molecule has 0 unspecified atom stereocenters. The van der Waals surface area contributed by atoms with E-state index in [0.717, 1.165) is 12.8 Å². The number of rotatable bonds is 10. The molecule has 0 aliphatic carbocycles. The van der Waals surface area contributed by atoms with Crippen LogP contribution in [0.3, 0.4) is 0 Å². The molecule has 0 N–H and O–H groups in total. The minimum atomic E-state index is -0.331. The Hall–Kier alpha value is -0.660. The lowest BCUT2D eigenvalue weighted by molar-refractivity contribution is -0.149. The van der Waals surface area contributed by atoms with Crippen LogP contribution in [0.1, 0.15) is 78.1 Å². The second-order valence-electron chi connectivity index (χ2n) is 5.00. The van der Waals surface area contributed by atoms with Crippen LogP contribution in [0, 0.1) is 0 Å². The number of hydrogen-bond donors (Lipinski definition) is 0. The van der Waals surface area contributed by atoms with Crippen LogP contribution in [0.4, 0.5) is 0 Å². The highest BCUT2D eigenvalue weighted by molar-refractivity contribution is 4.82. The van der Waals surface area contributed by atoms with Crippen LogP contribution in [-0.4, -0.2) is 5.79 Å². The van der Waals surface area contributed by atoms with Crippen LogP contribution in [0.5, 0.6) is 0 Å². The highest BCUT2D eigenvalue weighted by Crippen LogP contribution is 2.29. The van der Waals surface area contributed by atoms with E-state index >= 15 is 0 Å². The lowest BCUT2D eigenvalue weighted by Crippen LogP contribution is -2.28. The van der Waals surface area contributed by atoms with Gasteiger partial charge in [-0.05, 0) is 6.42 Å². The van der Waals surface area contributed by atoms with E-state index in [9.17, 15) is 0 Å². The first-order chi connectivity index (χ1) is 8.33. The van der Waals surface area contributed by atoms with E-state index in [-0.39, 0.29) is 5.79 Å². The van der Waals surface area contributed by atoms with E-state index in [1.54, 1.807) is 12.5 Å². The van der Waals surface area contributed by atoms with Gasteiger partial charge in [-0.1, -0.05) is 58.8 Å². The van der Waals surface area contributed by atoms with Gasteiger partial charge in [0.05, 0.1) is 0 Å². The monoisotopic (exact) mass is 240 g/mol. The van der Waals surface area contributed by atoms with Gasteiger partial charge in [-0.15, -0.1) is 0 Å². The van der Waals surface area contributed by atoms with Crippen molar-refractivity contribution in [1.29, 1.82) is 0 Å². The molecular formula is C15H28O2. The average Bonchev–Trinajstić information content (AvgIpc) is 2.82. The van der Waals surface area contributed by atoms with Crippen LogP contribution in [0.25, 0.3) is 0 Å². The Balaban J connectivity index is 1.93. The van der Waals surface area contributed by atoms with Crippen molar-refractivity contribution in [3.05, 3.63) is 12.5 Å². The molecular weight excluding hydrogens is 212 g/mol. The largest absolute Gasteiger partial charge is 0.457 e. The van der Waals surface area contributed by atoms with Crippen LogP contribution >= 0.6 is 0 Å². The molecule has 2 nitrogen and oxygen atoms in total. The summed E-state index contributed by atoms with van der Waals surface area (Å²) < 4.78 is 11.1. The Morgan fingerprint density at radius 3 is 1.82 bits per heavy atom. The van der Waals surface area contributed by atoms with Crippen LogP contribution in [0.2, 0.25) is 0 Å². The van der Waals surface area contributed by atoms with Crippen LogP contribution < -0.4 is 0 Å². The second-order valence-corrected chi connectivity index (χ2v) is 5.00. The predicted molar refractivity (Wildman–Crippen MR) is 71.6 cm³/mol. The van der Waals surface area contributed by atoms with E-state index < -0.39 is 0 Å². The summed E-state index contributed by atoms with van der Waals surface area (Å²) in [7, 11) is 0. The quantitative estimate of drug-likeness (QED) is 0.492. The van der Waals surface area contributed by atoms with Crippen molar-refractivity contribution in [3.63, 3.8) is 0 Å². The maximum atomic E-state index is 5.55. The molecule has 2 heteroatoms. The molecule has 0 saturated heterocycles. The highest BCUT2D eigenvalue weighted by atomic mass is 16.7. The summed E-state index contributed by atoms with van der Waals surface area (Å²) in [5.74, 6) is -0.331. The number of ether oxygens (including phenoxy) is 2. The molecule has 0 amide bonds. The Morgan fingerprint density at radius 2 is 1.29 bits per heavy atom. The minimum Gasteiger partial charge on any atom is -0.457 e. The van der Waals surface area contributed by atoms with Gasteiger partial charge in [0, 0.05) is 12.8 Å². The van der Waals surface area contributed by atoms with Crippen molar-refractivity contribution >= 4 is 0 Å². The van der Waals surface area contributed by atoms with E-state index in [2.05, 4.69) is 13.8 Å². The minimum absolute atomic E-state index is 0.331. The lowest BCUT2D eigenvalue weighted by Gasteiger charge is -2.26. The summed E-state index contributed by atoms with van der Waals surface area (Å²) in [5, 5.41) is 0. The third kappa shape index (κ3) is 5.47. The Kier molecular flexibility index (Phi) is 7.14. The molecule has 1 aliphatic heterocycles. The van der Waals surface area contributed by atoms with Gasteiger partial charge in [-0.25, -0.2) is 0 Å². The van der Waals surface area contributed by atoms with E-state index in [4.69, 9.17) is 9.47 Å². The maximum absolute atomic E-state index is 5.55. The zero-order chi connectivity index (χ0) is 12.4. The molecule has 0 radical (unpaired) electrons. The summed E-state index contributed by atoms with van der Waals surface area (Å²) in [6.07, 6.45) is 16.1. The zero-order valence-corrected chi connectivity index (χ0v) is 11.5. The van der Waals surface area contributed by atoms with Crippen molar-refractivity contribution in [2.75, 3.05) is 0 Å². The molecule has 0 fully saturated rings. The molecule has 0 spiro atoms. The van der Waals surface area contributed by atoms with Gasteiger partial charge < -0.3 is 9.47 Å². The highest BCUT2D eigenvalue weighted by Gasteiger charge is 2.32. The summed E-state index contributed by atoms with van der Waals surface area (Å²) in [6.45, 7) is 4.39. The fourth-order valence-corrected chi connectivity index (χ4v) is 2.32. The summed E-state index contributed by atoms with van der Waals surface area (Å²) in [6, 6.07) is 0. The first kappa shape index (κ1) is 14.4. The fraction of sp³-hybridized carbons (Fsp3) is 0.867. The summed E-state index contributed by atoms with van der Waals surface area (Å²) in [5.41, 5.74) is 0. The third-order valence-corrected chi connectivity index (χ3v) is 3.57. The Labute approximate surface area is 106 Å². The standard InChI is InChI=1S/C15H28O2/c1-3-5-6-7-8-9-10-11-12-15(4-2)16-13-14-17-15/h13-14H,3-12H2,1-2H3. The molecule has 0 atom stereocenters.